The Kier molecular flexibility index (Phi) is 4.99. The van der Waals surface area contributed by atoms with Gasteiger partial charge in [0, 0.05) is 17.8 Å². The molecule has 0 aliphatic heterocycles. The molecule has 2 nitrogen and oxygen atoms in total. The second-order valence-electron chi connectivity index (χ2n) is 5.75. The highest BCUT2D eigenvalue weighted by atomic mass is 15.3. The molecule has 0 N–H and O–H groups in total. The smallest absolute Gasteiger partial charge is 0.0568 e. The Morgan fingerprint density at radius 1 is 1.05 bits per heavy atom. The van der Waals surface area contributed by atoms with E-state index in [2.05, 4.69) is 57.2 Å². The van der Waals surface area contributed by atoms with E-state index in [1.165, 1.54) is 35.1 Å². The minimum absolute atomic E-state index is 0.414. The van der Waals surface area contributed by atoms with Gasteiger partial charge in [-0.3, -0.25) is 4.68 Å². The van der Waals surface area contributed by atoms with Gasteiger partial charge in [0.1, 0.15) is 0 Å². The number of hydrogen-bond donors (Lipinski definition) is 0. The van der Waals surface area contributed by atoms with Crippen LogP contribution in [0.3, 0.4) is 0 Å². The van der Waals surface area contributed by atoms with Crippen molar-refractivity contribution < 1.29 is 0 Å². The lowest BCUT2D eigenvalue weighted by Crippen LogP contribution is -2.00. The molecule has 0 amide bonds. The standard InChI is InChI=1S/C18H26N2/c1-5-8-15-10-7-11-16(9-6-2)18(15)17-12-19-20(13-17)14(3)4/h7,10-14H,5-6,8-9H2,1-4H3. The van der Waals surface area contributed by atoms with Crippen molar-refractivity contribution in [2.75, 3.05) is 0 Å². The molecule has 1 heterocycles. The van der Waals surface area contributed by atoms with Gasteiger partial charge < -0.3 is 0 Å². The van der Waals surface area contributed by atoms with Crippen molar-refractivity contribution in [3.63, 3.8) is 0 Å². The second-order valence-corrected chi connectivity index (χ2v) is 5.75. The zero-order valence-corrected chi connectivity index (χ0v) is 13.2. The molecule has 2 heteroatoms. The molecule has 0 radical (unpaired) electrons. The van der Waals surface area contributed by atoms with E-state index < -0.39 is 0 Å². The minimum Gasteiger partial charge on any atom is -0.270 e. The molecule has 1 aromatic carbocycles. The quantitative estimate of drug-likeness (QED) is 0.719. The maximum absolute atomic E-state index is 4.51. The summed E-state index contributed by atoms with van der Waals surface area (Å²) in [5.41, 5.74) is 5.61. The lowest BCUT2D eigenvalue weighted by atomic mass is 9.92. The maximum Gasteiger partial charge on any atom is 0.0568 e. The van der Waals surface area contributed by atoms with E-state index in [0.29, 0.717) is 6.04 Å². The summed E-state index contributed by atoms with van der Waals surface area (Å²) in [5.74, 6) is 0. The van der Waals surface area contributed by atoms with Crippen molar-refractivity contribution in [2.45, 2.75) is 59.4 Å². The molecule has 0 fully saturated rings. The van der Waals surface area contributed by atoms with Crippen LogP contribution >= 0.6 is 0 Å². The molecule has 1 aromatic heterocycles. The molecule has 0 saturated heterocycles. The third-order valence-corrected chi connectivity index (χ3v) is 3.69. The summed E-state index contributed by atoms with van der Waals surface area (Å²) in [5, 5.41) is 4.51. The van der Waals surface area contributed by atoms with E-state index >= 15 is 0 Å². The number of rotatable bonds is 6. The van der Waals surface area contributed by atoms with Crippen molar-refractivity contribution in [3.05, 3.63) is 41.7 Å². The highest BCUT2D eigenvalue weighted by Crippen LogP contribution is 2.30. The molecule has 2 aromatic rings. The Bertz CT molecular complexity index is 528. The van der Waals surface area contributed by atoms with Gasteiger partial charge in [-0.25, -0.2) is 0 Å². The number of hydrogen-bond acceptors (Lipinski definition) is 1. The van der Waals surface area contributed by atoms with E-state index in [-0.39, 0.29) is 0 Å². The minimum atomic E-state index is 0.414. The van der Waals surface area contributed by atoms with E-state index in [4.69, 9.17) is 0 Å². The van der Waals surface area contributed by atoms with Crippen molar-refractivity contribution in [1.82, 2.24) is 9.78 Å². The van der Waals surface area contributed by atoms with Gasteiger partial charge in [0.2, 0.25) is 0 Å². The first kappa shape index (κ1) is 14.8. The summed E-state index contributed by atoms with van der Waals surface area (Å²) in [6.07, 6.45) is 8.85. The number of nitrogens with zero attached hydrogens (tertiary/aromatic N) is 2. The van der Waals surface area contributed by atoms with Crippen LogP contribution in [0.5, 0.6) is 0 Å². The number of aromatic nitrogens is 2. The molecule has 0 atom stereocenters. The van der Waals surface area contributed by atoms with Gasteiger partial charge in [-0.05, 0) is 43.4 Å². The van der Waals surface area contributed by atoms with E-state index in [0.717, 1.165) is 12.8 Å². The van der Waals surface area contributed by atoms with Crippen LogP contribution in [0.15, 0.2) is 30.6 Å². The fraction of sp³-hybridized carbons (Fsp3) is 0.500. The Balaban J connectivity index is 2.50. The zero-order chi connectivity index (χ0) is 14.5. The summed E-state index contributed by atoms with van der Waals surface area (Å²) in [4.78, 5) is 0. The Morgan fingerprint density at radius 3 is 2.10 bits per heavy atom. The van der Waals surface area contributed by atoms with Crippen molar-refractivity contribution in [3.8, 4) is 11.1 Å². The lowest BCUT2D eigenvalue weighted by Gasteiger charge is -2.13. The predicted octanol–water partition coefficient (Wildman–Crippen LogP) is 5.04. The average Bonchev–Trinajstić information content (AvgIpc) is 2.89. The van der Waals surface area contributed by atoms with Gasteiger partial charge in [0.25, 0.3) is 0 Å². The first-order valence-electron chi connectivity index (χ1n) is 7.82. The second kappa shape index (κ2) is 6.74. The van der Waals surface area contributed by atoms with Gasteiger partial charge >= 0.3 is 0 Å². The van der Waals surface area contributed by atoms with Gasteiger partial charge in [-0.2, -0.15) is 5.10 Å². The van der Waals surface area contributed by atoms with Gasteiger partial charge in [0.05, 0.1) is 6.20 Å². The fourth-order valence-corrected chi connectivity index (χ4v) is 2.73. The van der Waals surface area contributed by atoms with Crippen molar-refractivity contribution >= 4 is 0 Å². The van der Waals surface area contributed by atoms with Gasteiger partial charge in [-0.1, -0.05) is 44.9 Å². The van der Waals surface area contributed by atoms with Crippen LogP contribution in [0, 0.1) is 0 Å². The average molecular weight is 270 g/mol. The van der Waals surface area contributed by atoms with Crippen LogP contribution in [0.25, 0.3) is 11.1 Å². The fourth-order valence-electron chi connectivity index (χ4n) is 2.73. The third-order valence-electron chi connectivity index (χ3n) is 3.69. The first-order valence-corrected chi connectivity index (χ1v) is 7.82. The summed E-state index contributed by atoms with van der Waals surface area (Å²) in [7, 11) is 0. The third kappa shape index (κ3) is 3.12. The van der Waals surface area contributed by atoms with Crippen molar-refractivity contribution in [1.29, 1.82) is 0 Å². The predicted molar refractivity (Wildman–Crippen MR) is 86.0 cm³/mol. The monoisotopic (exact) mass is 270 g/mol. The molecule has 20 heavy (non-hydrogen) atoms. The summed E-state index contributed by atoms with van der Waals surface area (Å²) in [6, 6.07) is 7.15. The van der Waals surface area contributed by atoms with Gasteiger partial charge in [0.15, 0.2) is 0 Å². The molecule has 0 aliphatic rings. The SMILES string of the molecule is CCCc1cccc(CCC)c1-c1cnn(C(C)C)c1. The van der Waals surface area contributed by atoms with Crippen LogP contribution in [-0.4, -0.2) is 9.78 Å². The Hall–Kier alpha value is -1.57. The van der Waals surface area contributed by atoms with Crippen LogP contribution in [-0.2, 0) is 12.8 Å². The number of aryl methyl sites for hydroxylation is 2. The van der Waals surface area contributed by atoms with Gasteiger partial charge in [-0.15, -0.1) is 0 Å². The largest absolute Gasteiger partial charge is 0.270 e. The lowest BCUT2D eigenvalue weighted by molar-refractivity contribution is 0.532. The Morgan fingerprint density at radius 2 is 1.65 bits per heavy atom. The molecule has 0 spiro atoms. The number of benzene rings is 1. The maximum atomic E-state index is 4.51. The molecule has 0 unspecified atom stereocenters. The first-order chi connectivity index (χ1) is 9.67. The summed E-state index contributed by atoms with van der Waals surface area (Å²) < 4.78 is 2.05. The Labute approximate surface area is 122 Å². The highest BCUT2D eigenvalue weighted by molar-refractivity contribution is 5.70. The summed E-state index contributed by atoms with van der Waals surface area (Å²) in [6.45, 7) is 8.82. The summed E-state index contributed by atoms with van der Waals surface area (Å²) >= 11 is 0. The highest BCUT2D eigenvalue weighted by Gasteiger charge is 2.12. The zero-order valence-electron chi connectivity index (χ0n) is 13.2. The van der Waals surface area contributed by atoms with Crippen LogP contribution < -0.4 is 0 Å². The molecule has 0 bridgehead atoms. The van der Waals surface area contributed by atoms with E-state index in [9.17, 15) is 0 Å². The van der Waals surface area contributed by atoms with Crippen LogP contribution in [0.4, 0.5) is 0 Å². The topological polar surface area (TPSA) is 17.8 Å². The molecular weight excluding hydrogens is 244 g/mol. The van der Waals surface area contributed by atoms with E-state index in [1.807, 2.05) is 10.9 Å². The molecule has 0 saturated carbocycles. The van der Waals surface area contributed by atoms with Crippen LogP contribution in [0.2, 0.25) is 0 Å². The van der Waals surface area contributed by atoms with Crippen molar-refractivity contribution in [2.24, 2.45) is 0 Å². The van der Waals surface area contributed by atoms with Crippen LogP contribution in [0.1, 0.15) is 57.7 Å². The molecule has 2 rings (SSSR count). The van der Waals surface area contributed by atoms with E-state index in [1.54, 1.807) is 0 Å². The molecule has 0 aliphatic carbocycles. The normalized spacial score (nSPS) is 11.2. The molecular formula is C18H26N2. The molecule has 108 valence electrons.